The number of H-pyrrole nitrogens is 1. The van der Waals surface area contributed by atoms with Crippen LogP contribution in [0, 0.1) is 0 Å². The summed E-state index contributed by atoms with van der Waals surface area (Å²) < 4.78 is 0. The predicted octanol–water partition coefficient (Wildman–Crippen LogP) is 3.36. The summed E-state index contributed by atoms with van der Waals surface area (Å²) >= 11 is 3.13. The highest BCUT2D eigenvalue weighted by Gasteiger charge is 2.10. The number of nitrogens with one attached hydrogen (secondary N) is 1. The third kappa shape index (κ3) is 4.00. The highest BCUT2D eigenvalue weighted by atomic mass is 32.1. The molecule has 2 N–H and O–H groups in total. The highest BCUT2D eigenvalue weighted by molar-refractivity contribution is 7.13. The highest BCUT2D eigenvalue weighted by Crippen LogP contribution is 2.23. The van der Waals surface area contributed by atoms with Crippen molar-refractivity contribution in [2.24, 2.45) is 0 Å². The van der Waals surface area contributed by atoms with Crippen LogP contribution in [0.1, 0.15) is 16.1 Å². The SMILES string of the molecule is CN(Cc1cc(-c2cccs2)n[nH]1)C(=O)C=Cc1cc(CO)cs1. The molecule has 3 aromatic rings. The van der Waals surface area contributed by atoms with Crippen LogP contribution in [0.3, 0.4) is 0 Å². The van der Waals surface area contributed by atoms with Gasteiger partial charge in [-0.25, -0.2) is 0 Å². The van der Waals surface area contributed by atoms with Gasteiger partial charge >= 0.3 is 0 Å². The molecule has 3 aromatic heterocycles. The normalized spacial score (nSPS) is 11.2. The number of carbonyl (C=O) groups is 1. The molecule has 124 valence electrons. The number of rotatable bonds is 6. The summed E-state index contributed by atoms with van der Waals surface area (Å²) in [6.07, 6.45) is 3.32. The van der Waals surface area contributed by atoms with Crippen LogP contribution in [0.15, 0.2) is 41.1 Å². The smallest absolute Gasteiger partial charge is 0.246 e. The summed E-state index contributed by atoms with van der Waals surface area (Å²) in [5.41, 5.74) is 2.65. The van der Waals surface area contributed by atoms with Crippen molar-refractivity contribution >= 4 is 34.7 Å². The van der Waals surface area contributed by atoms with Crippen LogP contribution in [-0.2, 0) is 17.9 Å². The maximum atomic E-state index is 12.2. The minimum absolute atomic E-state index is 0.0184. The molecule has 0 spiro atoms. The van der Waals surface area contributed by atoms with E-state index in [1.165, 1.54) is 11.3 Å². The molecule has 1 amide bonds. The van der Waals surface area contributed by atoms with Crippen molar-refractivity contribution in [2.75, 3.05) is 7.05 Å². The number of aromatic nitrogens is 2. The molecule has 0 fully saturated rings. The average Bonchev–Trinajstić information content (AvgIpc) is 3.32. The zero-order valence-electron chi connectivity index (χ0n) is 13.1. The van der Waals surface area contributed by atoms with E-state index in [0.717, 1.165) is 26.7 Å². The van der Waals surface area contributed by atoms with Crippen molar-refractivity contribution in [3.05, 3.63) is 57.2 Å². The molecule has 3 rings (SSSR count). The number of carbonyl (C=O) groups excluding carboxylic acids is 1. The molecule has 0 aromatic carbocycles. The Morgan fingerprint density at radius 1 is 1.42 bits per heavy atom. The monoisotopic (exact) mass is 359 g/mol. The summed E-state index contributed by atoms with van der Waals surface area (Å²) in [6.45, 7) is 0.485. The standard InChI is InChI=1S/C17H17N3O2S2/c1-20(17(22)5-4-14-7-12(10-21)11-24-14)9-13-8-15(19-18-13)16-3-2-6-23-16/h2-8,11,21H,9-10H2,1H3,(H,18,19). The van der Waals surface area contributed by atoms with Gasteiger partial charge in [-0.15, -0.1) is 22.7 Å². The Balaban J connectivity index is 1.60. The van der Waals surface area contributed by atoms with Gasteiger partial charge in [0, 0.05) is 18.0 Å². The van der Waals surface area contributed by atoms with E-state index in [0.29, 0.717) is 6.54 Å². The lowest BCUT2D eigenvalue weighted by Gasteiger charge is -2.13. The Labute approximate surface area is 147 Å². The minimum atomic E-state index is -0.0822. The molecule has 3 heterocycles. The van der Waals surface area contributed by atoms with Gasteiger partial charge in [-0.1, -0.05) is 6.07 Å². The summed E-state index contributed by atoms with van der Waals surface area (Å²) in [4.78, 5) is 15.9. The van der Waals surface area contributed by atoms with Gasteiger partial charge in [-0.2, -0.15) is 5.10 Å². The number of thiophene rings is 2. The molecular formula is C17H17N3O2S2. The number of hydrogen-bond acceptors (Lipinski definition) is 5. The summed E-state index contributed by atoms with van der Waals surface area (Å²) in [5.74, 6) is -0.0822. The second-order valence-electron chi connectivity index (χ2n) is 5.30. The fourth-order valence-corrected chi connectivity index (χ4v) is 3.65. The Kier molecular flexibility index (Phi) is 5.24. The van der Waals surface area contributed by atoms with Gasteiger partial charge in [0.05, 0.1) is 23.7 Å². The summed E-state index contributed by atoms with van der Waals surface area (Å²) in [5, 5.41) is 20.2. The Morgan fingerprint density at radius 2 is 2.29 bits per heavy atom. The lowest BCUT2D eigenvalue weighted by Crippen LogP contribution is -2.24. The van der Waals surface area contributed by atoms with Gasteiger partial charge in [0.15, 0.2) is 0 Å². The van der Waals surface area contributed by atoms with Crippen LogP contribution in [0.5, 0.6) is 0 Å². The first-order valence-corrected chi connectivity index (χ1v) is 9.11. The molecule has 0 atom stereocenters. The van der Waals surface area contributed by atoms with Gasteiger partial charge in [0.25, 0.3) is 0 Å². The van der Waals surface area contributed by atoms with E-state index < -0.39 is 0 Å². The molecule has 5 nitrogen and oxygen atoms in total. The lowest BCUT2D eigenvalue weighted by molar-refractivity contribution is -0.125. The maximum absolute atomic E-state index is 12.2. The number of aliphatic hydroxyl groups excluding tert-OH is 1. The first kappa shape index (κ1) is 16.6. The molecule has 0 aliphatic carbocycles. The zero-order valence-corrected chi connectivity index (χ0v) is 14.7. The molecule has 0 unspecified atom stereocenters. The van der Waals surface area contributed by atoms with Gasteiger partial charge in [-0.3, -0.25) is 9.89 Å². The molecule has 24 heavy (non-hydrogen) atoms. The first-order chi connectivity index (χ1) is 11.7. The van der Waals surface area contributed by atoms with Crippen LogP contribution in [0.4, 0.5) is 0 Å². The zero-order chi connectivity index (χ0) is 16.9. The topological polar surface area (TPSA) is 69.2 Å². The van der Waals surface area contributed by atoms with E-state index in [2.05, 4.69) is 10.2 Å². The third-order valence-corrected chi connectivity index (χ3v) is 5.27. The molecule has 0 aliphatic heterocycles. The number of hydrogen-bond donors (Lipinski definition) is 2. The van der Waals surface area contributed by atoms with E-state index in [1.807, 2.05) is 35.0 Å². The number of aliphatic hydroxyl groups is 1. The fraction of sp³-hybridized carbons (Fsp3) is 0.176. The van der Waals surface area contributed by atoms with Gasteiger partial charge in [0.1, 0.15) is 5.69 Å². The predicted molar refractivity (Wildman–Crippen MR) is 97.7 cm³/mol. The van der Waals surface area contributed by atoms with Crippen molar-refractivity contribution in [1.29, 1.82) is 0 Å². The van der Waals surface area contributed by atoms with Crippen LogP contribution in [-0.4, -0.2) is 33.2 Å². The number of amides is 1. The average molecular weight is 359 g/mol. The molecule has 0 saturated carbocycles. The molecule has 7 heteroatoms. The largest absolute Gasteiger partial charge is 0.392 e. The van der Waals surface area contributed by atoms with E-state index in [-0.39, 0.29) is 12.5 Å². The van der Waals surface area contributed by atoms with Crippen LogP contribution in [0.2, 0.25) is 0 Å². The second-order valence-corrected chi connectivity index (χ2v) is 7.19. The van der Waals surface area contributed by atoms with E-state index in [9.17, 15) is 4.79 Å². The number of aromatic amines is 1. The third-order valence-electron chi connectivity index (χ3n) is 3.44. The van der Waals surface area contributed by atoms with Crippen molar-refractivity contribution in [1.82, 2.24) is 15.1 Å². The van der Waals surface area contributed by atoms with Gasteiger partial charge in [-0.05, 0) is 40.6 Å². The second kappa shape index (κ2) is 7.57. The van der Waals surface area contributed by atoms with Crippen molar-refractivity contribution in [3.63, 3.8) is 0 Å². The Bertz CT molecular complexity index is 834. The van der Waals surface area contributed by atoms with E-state index >= 15 is 0 Å². The van der Waals surface area contributed by atoms with Crippen LogP contribution < -0.4 is 0 Å². The fourth-order valence-electron chi connectivity index (χ4n) is 2.17. The van der Waals surface area contributed by atoms with Crippen LogP contribution in [0.25, 0.3) is 16.6 Å². The van der Waals surface area contributed by atoms with Crippen molar-refractivity contribution < 1.29 is 9.90 Å². The molecular weight excluding hydrogens is 342 g/mol. The minimum Gasteiger partial charge on any atom is -0.392 e. The first-order valence-electron chi connectivity index (χ1n) is 7.35. The molecule has 0 aliphatic rings. The molecule has 0 saturated heterocycles. The summed E-state index contributed by atoms with van der Waals surface area (Å²) in [6, 6.07) is 7.84. The maximum Gasteiger partial charge on any atom is 0.246 e. The van der Waals surface area contributed by atoms with Gasteiger partial charge < -0.3 is 10.0 Å². The van der Waals surface area contributed by atoms with Crippen LogP contribution >= 0.6 is 22.7 Å². The molecule has 0 bridgehead atoms. The molecule has 0 radical (unpaired) electrons. The lowest BCUT2D eigenvalue weighted by atomic mass is 10.3. The quantitative estimate of drug-likeness (QED) is 0.663. The van der Waals surface area contributed by atoms with Gasteiger partial charge in [0.2, 0.25) is 5.91 Å². The Morgan fingerprint density at radius 3 is 3.00 bits per heavy atom. The number of nitrogens with zero attached hydrogens (tertiary/aromatic N) is 2. The summed E-state index contributed by atoms with van der Waals surface area (Å²) in [7, 11) is 1.76. The van der Waals surface area contributed by atoms with E-state index in [4.69, 9.17) is 5.11 Å². The van der Waals surface area contributed by atoms with E-state index in [1.54, 1.807) is 35.4 Å². The van der Waals surface area contributed by atoms with Crippen molar-refractivity contribution in [3.8, 4) is 10.6 Å². The number of likely N-dealkylation sites (N-methyl/N-ethyl adjacent to an activating group) is 1. The van der Waals surface area contributed by atoms with Crippen molar-refractivity contribution in [2.45, 2.75) is 13.2 Å². The Hall–Kier alpha value is -2.22.